The molecule has 2 aromatic carbocycles. The number of halogens is 1. The molecule has 0 unspecified atom stereocenters. The van der Waals surface area contributed by atoms with E-state index in [2.05, 4.69) is 4.98 Å². The van der Waals surface area contributed by atoms with Gasteiger partial charge >= 0.3 is 5.97 Å². The Morgan fingerprint density at radius 2 is 1.69 bits per heavy atom. The van der Waals surface area contributed by atoms with Gasteiger partial charge in [-0.1, -0.05) is 47.5 Å². The van der Waals surface area contributed by atoms with Gasteiger partial charge in [-0.15, -0.1) is 0 Å². The first-order chi connectivity index (χ1) is 15.1. The number of H-pyrrole nitrogens is 1. The molecule has 6 nitrogen and oxygen atoms in total. The highest BCUT2D eigenvalue weighted by Gasteiger charge is 2.28. The molecule has 0 bridgehead atoms. The van der Waals surface area contributed by atoms with E-state index in [9.17, 15) is 13.2 Å². The van der Waals surface area contributed by atoms with Crippen molar-refractivity contribution >= 4 is 27.6 Å². The third kappa shape index (κ3) is 5.06. The number of carbonyl (C=O) groups excluding carboxylic acids is 1. The number of ether oxygens (including phenoxy) is 1. The number of carbonyl (C=O) groups is 1. The zero-order valence-corrected chi connectivity index (χ0v) is 20.2. The predicted molar refractivity (Wildman–Crippen MR) is 125 cm³/mol. The molecule has 0 atom stereocenters. The number of rotatable bonds is 8. The third-order valence-electron chi connectivity index (χ3n) is 5.37. The van der Waals surface area contributed by atoms with Gasteiger partial charge in [0.05, 0.1) is 11.5 Å². The average molecular weight is 475 g/mol. The zero-order chi connectivity index (χ0) is 23.5. The molecule has 170 valence electrons. The van der Waals surface area contributed by atoms with Gasteiger partial charge < -0.3 is 9.72 Å². The van der Waals surface area contributed by atoms with E-state index in [1.165, 1.54) is 4.31 Å². The maximum atomic E-state index is 13.6. The van der Waals surface area contributed by atoms with Crippen LogP contribution in [0.25, 0.3) is 0 Å². The highest BCUT2D eigenvalue weighted by atomic mass is 35.5. The summed E-state index contributed by atoms with van der Waals surface area (Å²) in [5, 5.41) is 0.492. The van der Waals surface area contributed by atoms with Crippen LogP contribution in [0.5, 0.6) is 0 Å². The molecule has 8 heteroatoms. The number of nitrogens with one attached hydrogen (secondary N) is 1. The molecule has 1 N–H and O–H groups in total. The first-order valence-corrected chi connectivity index (χ1v) is 12.1. The topological polar surface area (TPSA) is 79.5 Å². The lowest BCUT2D eigenvalue weighted by atomic mass is 10.1. The van der Waals surface area contributed by atoms with Crippen LogP contribution in [0.15, 0.2) is 53.4 Å². The molecule has 3 rings (SSSR count). The van der Waals surface area contributed by atoms with Crippen LogP contribution >= 0.6 is 11.6 Å². The van der Waals surface area contributed by atoms with Gasteiger partial charge in [-0.2, -0.15) is 4.31 Å². The van der Waals surface area contributed by atoms with Crippen LogP contribution in [0.3, 0.4) is 0 Å². The van der Waals surface area contributed by atoms with Crippen molar-refractivity contribution in [2.24, 2.45) is 0 Å². The fourth-order valence-corrected chi connectivity index (χ4v) is 5.09. The van der Waals surface area contributed by atoms with E-state index in [0.717, 1.165) is 11.1 Å². The lowest BCUT2D eigenvalue weighted by molar-refractivity contribution is 0.0519. The van der Waals surface area contributed by atoms with Crippen molar-refractivity contribution in [1.29, 1.82) is 0 Å². The van der Waals surface area contributed by atoms with Crippen LogP contribution in [-0.2, 0) is 27.8 Å². The second-order valence-electron chi connectivity index (χ2n) is 7.63. The number of hydrogen-bond donors (Lipinski definition) is 1. The van der Waals surface area contributed by atoms with Gasteiger partial charge in [-0.3, -0.25) is 0 Å². The second-order valence-corrected chi connectivity index (χ2v) is 9.97. The Kier molecular flexibility index (Phi) is 7.44. The molecule has 1 aromatic heterocycles. The third-order valence-corrected chi connectivity index (χ3v) is 7.54. The molecule has 0 saturated heterocycles. The Bertz CT molecular complexity index is 1220. The fraction of sp³-hybridized carbons (Fsp3) is 0.292. The lowest BCUT2D eigenvalue weighted by Gasteiger charge is -2.23. The maximum absolute atomic E-state index is 13.6. The number of nitrogens with zero attached hydrogens (tertiary/aromatic N) is 1. The van der Waals surface area contributed by atoms with E-state index >= 15 is 0 Å². The Hall–Kier alpha value is -2.61. The molecule has 0 saturated carbocycles. The number of aryl methyl sites for hydroxylation is 2. The molecule has 0 aliphatic rings. The molecular weight excluding hydrogens is 448 g/mol. The summed E-state index contributed by atoms with van der Waals surface area (Å²) < 4.78 is 33.7. The van der Waals surface area contributed by atoms with E-state index < -0.39 is 16.0 Å². The fourth-order valence-electron chi connectivity index (χ4n) is 3.51. The largest absolute Gasteiger partial charge is 0.461 e. The van der Waals surface area contributed by atoms with Gasteiger partial charge in [-0.25, -0.2) is 13.2 Å². The van der Waals surface area contributed by atoms with E-state index in [4.69, 9.17) is 16.3 Å². The summed E-state index contributed by atoms with van der Waals surface area (Å²) in [6.07, 6.45) is 0. The molecule has 3 aromatic rings. The summed E-state index contributed by atoms with van der Waals surface area (Å²) in [5.41, 5.74) is 4.12. The van der Waals surface area contributed by atoms with Crippen molar-refractivity contribution < 1.29 is 17.9 Å². The van der Waals surface area contributed by atoms with Crippen molar-refractivity contribution in [3.05, 3.63) is 87.2 Å². The van der Waals surface area contributed by atoms with Crippen LogP contribution in [0, 0.1) is 20.8 Å². The number of aromatic nitrogens is 1. The van der Waals surface area contributed by atoms with Crippen molar-refractivity contribution in [3.63, 3.8) is 0 Å². The standard InChI is InChI=1S/C24H27ClN2O4S/c1-5-31-24(28)23-17(3)21(18(4)26-23)15-27(14-19-8-6-7-9-22(19)25)32(29,30)20-12-10-16(2)11-13-20/h6-13,26H,5,14-15H2,1-4H3. The van der Waals surface area contributed by atoms with Gasteiger partial charge in [-0.05, 0) is 62.6 Å². The van der Waals surface area contributed by atoms with Gasteiger partial charge in [0.15, 0.2) is 0 Å². The molecule has 0 fully saturated rings. The summed E-state index contributed by atoms with van der Waals surface area (Å²) in [5.74, 6) is -0.460. The quantitative estimate of drug-likeness (QED) is 0.457. The molecule has 0 radical (unpaired) electrons. The Morgan fingerprint density at radius 1 is 1.03 bits per heavy atom. The summed E-state index contributed by atoms with van der Waals surface area (Å²) in [4.78, 5) is 15.6. The lowest BCUT2D eigenvalue weighted by Crippen LogP contribution is -2.30. The summed E-state index contributed by atoms with van der Waals surface area (Å²) >= 11 is 6.34. The minimum atomic E-state index is -3.84. The van der Waals surface area contributed by atoms with Gasteiger partial charge in [0.25, 0.3) is 0 Å². The molecule has 0 spiro atoms. The Labute approximate surface area is 194 Å². The predicted octanol–water partition coefficient (Wildman–Crippen LogP) is 5.16. The number of aromatic amines is 1. The molecule has 0 amide bonds. The van der Waals surface area contributed by atoms with Crippen LogP contribution in [0.4, 0.5) is 0 Å². The highest BCUT2D eigenvalue weighted by Crippen LogP contribution is 2.28. The van der Waals surface area contributed by atoms with Crippen LogP contribution in [-0.4, -0.2) is 30.3 Å². The maximum Gasteiger partial charge on any atom is 0.355 e. The molecule has 32 heavy (non-hydrogen) atoms. The monoisotopic (exact) mass is 474 g/mol. The SMILES string of the molecule is CCOC(=O)c1[nH]c(C)c(CN(Cc2ccccc2Cl)S(=O)(=O)c2ccc(C)cc2)c1C. The summed E-state index contributed by atoms with van der Waals surface area (Å²) in [6.45, 7) is 7.68. The Morgan fingerprint density at radius 3 is 2.31 bits per heavy atom. The molecule has 1 heterocycles. The molecule has 0 aliphatic heterocycles. The number of benzene rings is 2. The van der Waals surface area contributed by atoms with E-state index in [1.54, 1.807) is 56.3 Å². The van der Waals surface area contributed by atoms with Crippen LogP contribution in [0.2, 0.25) is 5.02 Å². The van der Waals surface area contributed by atoms with Crippen molar-refractivity contribution in [2.75, 3.05) is 6.61 Å². The van der Waals surface area contributed by atoms with E-state index in [-0.39, 0.29) is 24.6 Å². The highest BCUT2D eigenvalue weighted by molar-refractivity contribution is 7.89. The number of esters is 1. The number of hydrogen-bond acceptors (Lipinski definition) is 4. The van der Waals surface area contributed by atoms with Crippen molar-refractivity contribution in [1.82, 2.24) is 9.29 Å². The van der Waals surface area contributed by atoms with E-state index in [1.807, 2.05) is 19.9 Å². The average Bonchev–Trinajstić information content (AvgIpc) is 3.03. The summed E-state index contributed by atoms with van der Waals surface area (Å²) in [7, 11) is -3.84. The zero-order valence-electron chi connectivity index (χ0n) is 18.6. The minimum Gasteiger partial charge on any atom is -0.461 e. The summed E-state index contributed by atoms with van der Waals surface area (Å²) in [6, 6.07) is 13.9. The molecular formula is C24H27ClN2O4S. The van der Waals surface area contributed by atoms with Crippen molar-refractivity contribution in [2.45, 2.75) is 45.7 Å². The van der Waals surface area contributed by atoms with Gasteiger partial charge in [0.2, 0.25) is 10.0 Å². The smallest absolute Gasteiger partial charge is 0.355 e. The first kappa shape index (κ1) is 24.0. The van der Waals surface area contributed by atoms with Crippen LogP contribution < -0.4 is 0 Å². The minimum absolute atomic E-state index is 0.0784. The van der Waals surface area contributed by atoms with Crippen LogP contribution in [0.1, 0.15) is 45.4 Å². The van der Waals surface area contributed by atoms with Gasteiger partial charge in [0.1, 0.15) is 5.69 Å². The first-order valence-electron chi connectivity index (χ1n) is 10.3. The van der Waals surface area contributed by atoms with Crippen molar-refractivity contribution in [3.8, 4) is 0 Å². The number of sulfonamides is 1. The second kappa shape index (κ2) is 9.90. The normalized spacial score (nSPS) is 11.7. The van der Waals surface area contributed by atoms with E-state index in [0.29, 0.717) is 27.5 Å². The molecule has 0 aliphatic carbocycles. The Balaban J connectivity index is 2.05. The van der Waals surface area contributed by atoms with Gasteiger partial charge in [0, 0.05) is 23.8 Å².